The molecule has 0 unspecified atom stereocenters. The summed E-state index contributed by atoms with van der Waals surface area (Å²) < 4.78 is 50.8. The predicted octanol–water partition coefficient (Wildman–Crippen LogP) is 3.73. The van der Waals surface area contributed by atoms with Crippen LogP contribution in [0.3, 0.4) is 0 Å². The largest absolute Gasteiger partial charge is 0.412 e. The topological polar surface area (TPSA) is 20.3 Å². The molecule has 0 radical (unpaired) electrons. The zero-order valence-corrected chi connectivity index (χ0v) is 10.8. The first-order valence-corrected chi connectivity index (χ1v) is 6.10. The Bertz CT molecular complexity index is 563. The second-order valence-corrected chi connectivity index (χ2v) is 4.64. The number of Topliss-reactive ketones (excluding diaryl/α,β-unsaturated/α-hetero) is 1. The number of alkyl halides is 3. The van der Waals surface area contributed by atoms with Gasteiger partial charge in [-0.2, -0.15) is 13.2 Å². The second kappa shape index (κ2) is 5.26. The number of nitrogens with zero attached hydrogens (tertiary/aromatic N) is 1. The molecule has 1 heterocycles. The number of halogens is 4. The van der Waals surface area contributed by atoms with E-state index in [0.29, 0.717) is 5.69 Å². The minimum atomic E-state index is -4.31. The van der Waals surface area contributed by atoms with Crippen LogP contribution in [0.1, 0.15) is 23.7 Å². The molecule has 6 heteroatoms. The lowest BCUT2D eigenvalue weighted by Crippen LogP contribution is -2.32. The number of benzene rings is 1. The van der Waals surface area contributed by atoms with E-state index in [-0.39, 0.29) is 30.9 Å². The first-order valence-electron chi connectivity index (χ1n) is 6.10. The molecule has 1 aliphatic heterocycles. The van der Waals surface area contributed by atoms with E-state index in [4.69, 9.17) is 0 Å². The van der Waals surface area contributed by atoms with Crippen molar-refractivity contribution >= 4 is 11.5 Å². The van der Waals surface area contributed by atoms with Gasteiger partial charge in [-0.05, 0) is 31.5 Å². The van der Waals surface area contributed by atoms with Crippen LogP contribution in [0.15, 0.2) is 29.8 Å². The molecular formula is C14H13F4NO. The van der Waals surface area contributed by atoms with Crippen molar-refractivity contribution in [1.29, 1.82) is 0 Å². The summed E-state index contributed by atoms with van der Waals surface area (Å²) in [5.74, 6) is -0.854. The number of hydrogen-bond acceptors (Lipinski definition) is 2. The van der Waals surface area contributed by atoms with E-state index in [1.165, 1.54) is 19.1 Å². The van der Waals surface area contributed by atoms with Gasteiger partial charge in [0, 0.05) is 29.9 Å². The summed E-state index contributed by atoms with van der Waals surface area (Å²) in [6.07, 6.45) is -3.34. The van der Waals surface area contributed by atoms with Crippen LogP contribution >= 0.6 is 0 Å². The fraction of sp³-hybridized carbons (Fsp3) is 0.357. The van der Waals surface area contributed by atoms with Crippen LogP contribution in [0.25, 0.3) is 0 Å². The van der Waals surface area contributed by atoms with Crippen LogP contribution in [0.5, 0.6) is 0 Å². The Hall–Kier alpha value is -1.85. The fourth-order valence-electron chi connectivity index (χ4n) is 2.21. The Kier molecular flexibility index (Phi) is 3.83. The Labute approximate surface area is 113 Å². The Morgan fingerprint density at radius 3 is 2.50 bits per heavy atom. The summed E-state index contributed by atoms with van der Waals surface area (Å²) in [7, 11) is 0. The van der Waals surface area contributed by atoms with Crippen LogP contribution in [0, 0.1) is 5.82 Å². The van der Waals surface area contributed by atoms with Crippen molar-refractivity contribution in [3.05, 3.63) is 41.2 Å². The maximum atomic E-state index is 13.2. The van der Waals surface area contributed by atoms with E-state index >= 15 is 0 Å². The number of hydrogen-bond donors (Lipinski definition) is 0. The van der Waals surface area contributed by atoms with Gasteiger partial charge in [0.05, 0.1) is 0 Å². The highest BCUT2D eigenvalue weighted by molar-refractivity contribution is 5.99. The number of carbonyl (C=O) groups excluding carboxylic acids is 1. The third-order valence-corrected chi connectivity index (χ3v) is 3.25. The molecule has 0 bridgehead atoms. The summed E-state index contributed by atoms with van der Waals surface area (Å²) in [6, 6.07) is 3.74. The van der Waals surface area contributed by atoms with E-state index < -0.39 is 17.6 Å². The molecule has 0 fully saturated rings. The van der Waals surface area contributed by atoms with Crippen molar-refractivity contribution in [2.75, 3.05) is 18.0 Å². The molecule has 1 aromatic rings. The molecule has 1 aromatic carbocycles. The molecule has 0 aromatic heterocycles. The molecule has 0 spiro atoms. The molecule has 2 nitrogen and oxygen atoms in total. The van der Waals surface area contributed by atoms with Gasteiger partial charge in [-0.1, -0.05) is 6.08 Å². The lowest BCUT2D eigenvalue weighted by atomic mass is 10.0. The normalized spacial score (nSPS) is 16.1. The molecule has 108 valence electrons. The molecule has 0 aliphatic carbocycles. The van der Waals surface area contributed by atoms with Gasteiger partial charge < -0.3 is 4.90 Å². The maximum Gasteiger partial charge on any atom is 0.412 e. The SMILES string of the molecule is CC(=O)c1cc(F)ccc1N1CC=C(C(F)(F)F)CC1. The highest BCUT2D eigenvalue weighted by Gasteiger charge is 2.35. The summed E-state index contributed by atoms with van der Waals surface area (Å²) in [4.78, 5) is 13.1. The van der Waals surface area contributed by atoms with Crippen molar-refractivity contribution in [1.82, 2.24) is 0 Å². The lowest BCUT2D eigenvalue weighted by molar-refractivity contribution is -0.0944. The average molecular weight is 287 g/mol. The van der Waals surface area contributed by atoms with Gasteiger partial charge in [0.2, 0.25) is 0 Å². The first kappa shape index (κ1) is 14.6. The van der Waals surface area contributed by atoms with Crippen LogP contribution in [0.2, 0.25) is 0 Å². The van der Waals surface area contributed by atoms with Crippen LogP contribution in [-0.4, -0.2) is 25.0 Å². The fourth-order valence-corrected chi connectivity index (χ4v) is 2.21. The standard InChI is InChI=1S/C14H13F4NO/c1-9(20)12-8-11(15)2-3-13(12)19-6-4-10(5-7-19)14(16,17)18/h2-4,8H,5-7H2,1H3. The monoisotopic (exact) mass is 287 g/mol. The summed E-state index contributed by atoms with van der Waals surface area (Å²) in [6.45, 7) is 1.51. The number of rotatable bonds is 2. The molecule has 0 saturated heterocycles. The Morgan fingerprint density at radius 1 is 1.30 bits per heavy atom. The van der Waals surface area contributed by atoms with Gasteiger partial charge in [-0.15, -0.1) is 0 Å². The van der Waals surface area contributed by atoms with Crippen LogP contribution in [-0.2, 0) is 0 Å². The van der Waals surface area contributed by atoms with E-state index in [2.05, 4.69) is 0 Å². The molecular weight excluding hydrogens is 274 g/mol. The molecule has 0 atom stereocenters. The van der Waals surface area contributed by atoms with Crippen LogP contribution < -0.4 is 4.90 Å². The van der Waals surface area contributed by atoms with Crippen molar-refractivity contribution in [2.24, 2.45) is 0 Å². The number of ketones is 1. The Balaban J connectivity index is 2.27. The number of carbonyl (C=O) groups is 1. The molecule has 0 saturated carbocycles. The quantitative estimate of drug-likeness (QED) is 0.469. The highest BCUT2D eigenvalue weighted by atomic mass is 19.4. The van der Waals surface area contributed by atoms with Crippen molar-refractivity contribution in [3.63, 3.8) is 0 Å². The van der Waals surface area contributed by atoms with Gasteiger partial charge in [0.15, 0.2) is 5.78 Å². The minimum Gasteiger partial charge on any atom is -0.367 e. The third-order valence-electron chi connectivity index (χ3n) is 3.25. The van der Waals surface area contributed by atoms with E-state index in [1.807, 2.05) is 0 Å². The van der Waals surface area contributed by atoms with E-state index in [0.717, 1.165) is 12.1 Å². The maximum absolute atomic E-state index is 13.2. The highest BCUT2D eigenvalue weighted by Crippen LogP contribution is 2.32. The van der Waals surface area contributed by atoms with Crippen molar-refractivity contribution in [3.8, 4) is 0 Å². The van der Waals surface area contributed by atoms with Gasteiger partial charge in [0.1, 0.15) is 5.82 Å². The zero-order chi connectivity index (χ0) is 14.9. The minimum absolute atomic E-state index is 0.0563. The summed E-state index contributed by atoms with van der Waals surface area (Å²) in [5, 5.41) is 0. The first-order chi connectivity index (χ1) is 9.29. The summed E-state index contributed by atoms with van der Waals surface area (Å²) in [5.41, 5.74) is 0.102. The summed E-state index contributed by atoms with van der Waals surface area (Å²) >= 11 is 0. The smallest absolute Gasteiger partial charge is 0.367 e. The van der Waals surface area contributed by atoms with Gasteiger partial charge in [-0.3, -0.25) is 4.79 Å². The Morgan fingerprint density at radius 2 is 2.00 bits per heavy atom. The molecule has 0 N–H and O–H groups in total. The third kappa shape index (κ3) is 3.00. The van der Waals surface area contributed by atoms with Crippen LogP contribution in [0.4, 0.5) is 23.2 Å². The predicted molar refractivity (Wildman–Crippen MR) is 67.4 cm³/mol. The molecule has 2 rings (SSSR count). The van der Waals surface area contributed by atoms with Gasteiger partial charge in [0.25, 0.3) is 0 Å². The average Bonchev–Trinajstić information content (AvgIpc) is 2.37. The molecule has 1 aliphatic rings. The molecule has 0 amide bonds. The lowest BCUT2D eigenvalue weighted by Gasteiger charge is -2.30. The van der Waals surface area contributed by atoms with Gasteiger partial charge in [-0.25, -0.2) is 4.39 Å². The molecule has 20 heavy (non-hydrogen) atoms. The van der Waals surface area contributed by atoms with E-state index in [1.54, 1.807) is 4.90 Å². The van der Waals surface area contributed by atoms with Crippen molar-refractivity contribution < 1.29 is 22.4 Å². The zero-order valence-electron chi connectivity index (χ0n) is 10.8. The second-order valence-electron chi connectivity index (χ2n) is 4.64. The van der Waals surface area contributed by atoms with Crippen molar-refractivity contribution in [2.45, 2.75) is 19.5 Å². The van der Waals surface area contributed by atoms with Gasteiger partial charge >= 0.3 is 6.18 Å². The number of anilines is 1. The van der Waals surface area contributed by atoms with E-state index in [9.17, 15) is 22.4 Å².